The van der Waals surface area contributed by atoms with Gasteiger partial charge in [0.2, 0.25) is 11.9 Å². The van der Waals surface area contributed by atoms with Crippen LogP contribution in [0.25, 0.3) is 0 Å². The second-order valence-electron chi connectivity index (χ2n) is 3.94. The van der Waals surface area contributed by atoms with Crippen molar-refractivity contribution in [3.63, 3.8) is 0 Å². The highest BCUT2D eigenvalue weighted by Gasteiger charge is 2.07. The van der Waals surface area contributed by atoms with Gasteiger partial charge >= 0.3 is 6.01 Å². The summed E-state index contributed by atoms with van der Waals surface area (Å²) in [6.07, 6.45) is 0.790. The number of ether oxygens (including phenoxy) is 1. The molecule has 0 aliphatic heterocycles. The highest BCUT2D eigenvalue weighted by Crippen LogP contribution is 2.13. The van der Waals surface area contributed by atoms with Gasteiger partial charge in [-0.2, -0.15) is 15.0 Å². The molecule has 1 N–H and O–H groups in total. The van der Waals surface area contributed by atoms with Crippen LogP contribution in [0.4, 0.5) is 11.9 Å². The molecule has 0 amide bonds. The monoisotopic (exact) mass is 237 g/mol. The predicted molar refractivity (Wildman–Crippen MR) is 68.6 cm³/mol. The zero-order valence-electron chi connectivity index (χ0n) is 10.8. The van der Waals surface area contributed by atoms with Crippen molar-refractivity contribution in [3.8, 4) is 6.01 Å². The number of rotatable bonds is 6. The summed E-state index contributed by atoms with van der Waals surface area (Å²) in [6, 6.07) is 0.328. The molecule has 0 aliphatic carbocycles. The average Bonchev–Trinajstić information content (AvgIpc) is 2.28. The van der Waals surface area contributed by atoms with Gasteiger partial charge in [0.05, 0.1) is 6.61 Å². The maximum Gasteiger partial charge on any atom is 0.323 e. The minimum absolute atomic E-state index is 0.328. The van der Waals surface area contributed by atoms with Gasteiger partial charge in [0.25, 0.3) is 0 Å². The van der Waals surface area contributed by atoms with Crippen molar-refractivity contribution in [2.24, 2.45) is 0 Å². The van der Waals surface area contributed by atoms with Gasteiger partial charge in [-0.1, -0.05) is 5.57 Å². The topological polar surface area (TPSA) is 63.2 Å². The fourth-order valence-corrected chi connectivity index (χ4v) is 1.04. The van der Waals surface area contributed by atoms with Crippen molar-refractivity contribution in [1.82, 2.24) is 15.0 Å². The van der Waals surface area contributed by atoms with E-state index in [1.807, 2.05) is 21.0 Å². The summed E-state index contributed by atoms with van der Waals surface area (Å²) in [4.78, 5) is 14.3. The third-order valence-electron chi connectivity index (χ3n) is 1.99. The molecule has 0 saturated carbocycles. The van der Waals surface area contributed by atoms with Gasteiger partial charge in [-0.25, -0.2) is 0 Å². The Morgan fingerprint density at radius 3 is 2.59 bits per heavy atom. The Balaban J connectivity index is 2.76. The molecule has 1 rings (SSSR count). The maximum atomic E-state index is 5.46. The molecule has 0 saturated heterocycles. The van der Waals surface area contributed by atoms with Crippen LogP contribution in [-0.4, -0.2) is 42.7 Å². The fraction of sp³-hybridized carbons (Fsp3) is 0.545. The Hall–Kier alpha value is -1.85. The van der Waals surface area contributed by atoms with Gasteiger partial charge < -0.3 is 15.0 Å². The van der Waals surface area contributed by atoms with E-state index < -0.39 is 0 Å². The zero-order valence-corrected chi connectivity index (χ0v) is 10.8. The van der Waals surface area contributed by atoms with Gasteiger partial charge in [0, 0.05) is 27.6 Å². The molecular weight excluding hydrogens is 218 g/mol. The van der Waals surface area contributed by atoms with Crippen LogP contribution < -0.4 is 15.0 Å². The van der Waals surface area contributed by atoms with Crippen LogP contribution >= 0.6 is 0 Å². The number of nitrogens with one attached hydrogen (secondary N) is 1. The highest BCUT2D eigenvalue weighted by molar-refractivity contribution is 5.36. The summed E-state index contributed by atoms with van der Waals surface area (Å²) in [5.74, 6) is 1.06. The van der Waals surface area contributed by atoms with E-state index in [0.29, 0.717) is 24.5 Å². The Morgan fingerprint density at radius 2 is 2.06 bits per heavy atom. The van der Waals surface area contributed by atoms with E-state index >= 15 is 0 Å². The van der Waals surface area contributed by atoms with Crippen LogP contribution in [0.5, 0.6) is 6.01 Å². The normalized spacial score (nSPS) is 9.88. The lowest BCUT2D eigenvalue weighted by molar-refractivity contribution is 0.296. The van der Waals surface area contributed by atoms with Gasteiger partial charge in [-0.3, -0.25) is 0 Å². The molecule has 0 aliphatic rings. The summed E-state index contributed by atoms with van der Waals surface area (Å²) < 4.78 is 5.46. The van der Waals surface area contributed by atoms with Crippen LogP contribution in [0, 0.1) is 0 Å². The van der Waals surface area contributed by atoms with Crippen LogP contribution in [-0.2, 0) is 0 Å². The molecule has 0 aromatic carbocycles. The van der Waals surface area contributed by atoms with Crippen molar-refractivity contribution >= 4 is 11.9 Å². The number of anilines is 2. The molecule has 1 aromatic heterocycles. The van der Waals surface area contributed by atoms with Crippen molar-refractivity contribution in [3.05, 3.63) is 12.2 Å². The number of hydrogen-bond donors (Lipinski definition) is 1. The first-order chi connectivity index (χ1) is 8.02. The lowest BCUT2D eigenvalue weighted by atomic mass is 10.3. The van der Waals surface area contributed by atoms with Crippen LogP contribution in [0.2, 0.25) is 0 Å². The summed E-state index contributed by atoms with van der Waals surface area (Å²) >= 11 is 0. The van der Waals surface area contributed by atoms with E-state index in [2.05, 4.69) is 26.8 Å². The molecule has 17 heavy (non-hydrogen) atoms. The third-order valence-corrected chi connectivity index (χ3v) is 1.99. The SMILES string of the molecule is C=C(C)CCOc1nc(NC)nc(N(C)C)n1. The molecule has 0 spiro atoms. The molecular formula is C11H19N5O. The third kappa shape index (κ3) is 4.26. The largest absolute Gasteiger partial charge is 0.463 e. The molecule has 94 valence electrons. The molecule has 6 nitrogen and oxygen atoms in total. The minimum atomic E-state index is 0.328. The maximum absolute atomic E-state index is 5.46. The predicted octanol–water partition coefficient (Wildman–Crippen LogP) is 1.32. The fourth-order valence-electron chi connectivity index (χ4n) is 1.04. The summed E-state index contributed by atoms with van der Waals surface area (Å²) in [5.41, 5.74) is 1.07. The van der Waals surface area contributed by atoms with Crippen molar-refractivity contribution < 1.29 is 4.74 Å². The van der Waals surface area contributed by atoms with E-state index in [0.717, 1.165) is 12.0 Å². The average molecular weight is 237 g/mol. The minimum Gasteiger partial charge on any atom is -0.463 e. The molecule has 0 atom stereocenters. The smallest absolute Gasteiger partial charge is 0.323 e. The molecule has 0 fully saturated rings. The molecule has 1 aromatic rings. The second-order valence-corrected chi connectivity index (χ2v) is 3.94. The van der Waals surface area contributed by atoms with E-state index in [1.54, 1.807) is 11.9 Å². The van der Waals surface area contributed by atoms with Crippen molar-refractivity contribution in [2.75, 3.05) is 38.0 Å². The standard InChI is InChI=1S/C11H19N5O/c1-8(2)6-7-17-11-14-9(12-3)13-10(15-11)16(4)5/h1,6-7H2,2-5H3,(H,12,13,14,15). The van der Waals surface area contributed by atoms with Crippen molar-refractivity contribution in [1.29, 1.82) is 0 Å². The highest BCUT2D eigenvalue weighted by atomic mass is 16.5. The summed E-state index contributed by atoms with van der Waals surface area (Å²) in [7, 11) is 5.49. The van der Waals surface area contributed by atoms with Gasteiger partial charge in [0.1, 0.15) is 0 Å². The Morgan fingerprint density at radius 1 is 1.35 bits per heavy atom. The van der Waals surface area contributed by atoms with E-state index in [1.165, 1.54) is 0 Å². The molecule has 0 radical (unpaired) electrons. The Bertz CT molecular complexity index is 391. The van der Waals surface area contributed by atoms with Crippen LogP contribution in [0.15, 0.2) is 12.2 Å². The molecule has 0 bridgehead atoms. The summed E-state index contributed by atoms with van der Waals surface area (Å²) in [6.45, 7) is 6.29. The molecule has 6 heteroatoms. The zero-order chi connectivity index (χ0) is 12.8. The number of aromatic nitrogens is 3. The van der Waals surface area contributed by atoms with E-state index in [-0.39, 0.29) is 0 Å². The molecule has 1 heterocycles. The first-order valence-electron chi connectivity index (χ1n) is 5.41. The van der Waals surface area contributed by atoms with Gasteiger partial charge in [0.15, 0.2) is 0 Å². The lowest BCUT2D eigenvalue weighted by Gasteiger charge is -2.12. The lowest BCUT2D eigenvalue weighted by Crippen LogP contribution is -2.15. The first-order valence-corrected chi connectivity index (χ1v) is 5.41. The van der Waals surface area contributed by atoms with E-state index in [9.17, 15) is 0 Å². The Kier molecular flexibility index (Phi) is 4.68. The first kappa shape index (κ1) is 13.2. The molecule has 0 unspecified atom stereocenters. The van der Waals surface area contributed by atoms with Gasteiger partial charge in [-0.15, -0.1) is 6.58 Å². The van der Waals surface area contributed by atoms with Crippen LogP contribution in [0.3, 0.4) is 0 Å². The second kappa shape index (κ2) is 6.03. The van der Waals surface area contributed by atoms with Gasteiger partial charge in [-0.05, 0) is 6.92 Å². The Labute approximate surface area is 102 Å². The number of hydrogen-bond acceptors (Lipinski definition) is 6. The van der Waals surface area contributed by atoms with Crippen LogP contribution in [0.1, 0.15) is 13.3 Å². The number of nitrogens with zero attached hydrogens (tertiary/aromatic N) is 4. The van der Waals surface area contributed by atoms with E-state index in [4.69, 9.17) is 4.74 Å². The van der Waals surface area contributed by atoms with Crippen molar-refractivity contribution in [2.45, 2.75) is 13.3 Å². The summed E-state index contributed by atoms with van der Waals surface area (Å²) in [5, 5.41) is 2.88. The quantitative estimate of drug-likeness (QED) is 0.753.